The highest BCUT2D eigenvalue weighted by Gasteiger charge is 2.27. The van der Waals surface area contributed by atoms with Crippen LogP contribution in [-0.4, -0.2) is 40.2 Å². The minimum absolute atomic E-state index is 0.129. The van der Waals surface area contributed by atoms with Crippen LogP contribution in [0.1, 0.15) is 22.4 Å². The molecule has 1 amide bonds. The molecule has 0 radical (unpaired) electrons. The van der Waals surface area contributed by atoms with Crippen molar-refractivity contribution in [1.29, 1.82) is 0 Å². The summed E-state index contributed by atoms with van der Waals surface area (Å²) in [7, 11) is 1.59. The van der Waals surface area contributed by atoms with Crippen LogP contribution in [0.3, 0.4) is 0 Å². The number of carbonyl (C=O) groups excluding carboxylic acids is 1. The molecular weight excluding hydrogens is 402 g/mol. The zero-order valence-corrected chi connectivity index (χ0v) is 18.0. The summed E-state index contributed by atoms with van der Waals surface area (Å²) in [5.74, 6) is 0.129. The van der Waals surface area contributed by atoms with Gasteiger partial charge in [0.05, 0.1) is 25.1 Å². The highest BCUT2D eigenvalue weighted by atomic mass is 32.1. The van der Waals surface area contributed by atoms with Crippen molar-refractivity contribution >= 4 is 27.5 Å². The molecule has 1 saturated heterocycles. The van der Waals surface area contributed by atoms with Gasteiger partial charge in [-0.15, -0.1) is 11.3 Å². The lowest BCUT2D eigenvalue weighted by Crippen LogP contribution is -2.42. The largest absolute Gasteiger partial charge is 0.383 e. The quantitative estimate of drug-likeness (QED) is 0.517. The molecule has 1 aliphatic rings. The van der Waals surface area contributed by atoms with Gasteiger partial charge in [-0.3, -0.25) is 18.7 Å². The number of rotatable bonds is 8. The highest BCUT2D eigenvalue weighted by molar-refractivity contribution is 7.18. The summed E-state index contributed by atoms with van der Waals surface area (Å²) in [5, 5.41) is 0.576. The zero-order chi connectivity index (χ0) is 21.3. The van der Waals surface area contributed by atoms with Crippen molar-refractivity contribution < 1.29 is 9.53 Å². The van der Waals surface area contributed by atoms with Gasteiger partial charge in [0.15, 0.2) is 0 Å². The number of fused-ring (bicyclic) bond motifs is 1. The predicted octanol–water partition coefficient (Wildman–Crippen LogP) is 2.15. The Balaban J connectivity index is 1.79. The fourth-order valence-electron chi connectivity index (χ4n) is 3.76. The second-order valence-electron chi connectivity index (χ2n) is 7.52. The van der Waals surface area contributed by atoms with Gasteiger partial charge < -0.3 is 9.64 Å². The summed E-state index contributed by atoms with van der Waals surface area (Å²) in [6, 6.07) is 9.82. The molecule has 8 heteroatoms. The van der Waals surface area contributed by atoms with Crippen LogP contribution < -0.4 is 11.2 Å². The van der Waals surface area contributed by atoms with Gasteiger partial charge in [-0.25, -0.2) is 4.79 Å². The molecule has 0 spiro atoms. The molecule has 0 bridgehead atoms. The van der Waals surface area contributed by atoms with Gasteiger partial charge >= 0.3 is 5.69 Å². The van der Waals surface area contributed by atoms with E-state index < -0.39 is 0 Å². The first-order chi connectivity index (χ1) is 14.5. The van der Waals surface area contributed by atoms with Gasteiger partial charge in [-0.05, 0) is 24.5 Å². The smallest absolute Gasteiger partial charge is 0.332 e. The predicted molar refractivity (Wildman–Crippen MR) is 117 cm³/mol. The summed E-state index contributed by atoms with van der Waals surface area (Å²) in [6.07, 6.45) is 1.18. The normalized spacial score (nSPS) is 13.8. The number of nitrogens with zero attached hydrogens (tertiary/aromatic N) is 3. The number of ether oxygens (including phenoxy) is 1. The van der Waals surface area contributed by atoms with E-state index in [0.717, 1.165) is 22.5 Å². The first-order valence-electron chi connectivity index (χ1n) is 10.1. The van der Waals surface area contributed by atoms with Crippen LogP contribution in [0, 0.1) is 6.92 Å². The van der Waals surface area contributed by atoms with Gasteiger partial charge in [0.1, 0.15) is 4.83 Å². The second-order valence-corrected chi connectivity index (χ2v) is 8.60. The topological polar surface area (TPSA) is 73.5 Å². The number of hydrogen-bond donors (Lipinski definition) is 0. The molecular formula is C22H25N3O4S. The highest BCUT2D eigenvalue weighted by Crippen LogP contribution is 2.30. The van der Waals surface area contributed by atoms with E-state index in [1.54, 1.807) is 16.6 Å². The fraction of sp³-hybridized carbons (Fsp3) is 0.409. The Kier molecular flexibility index (Phi) is 5.87. The summed E-state index contributed by atoms with van der Waals surface area (Å²) in [4.78, 5) is 41.7. The number of hydrogen-bond acceptors (Lipinski definition) is 5. The molecule has 1 fully saturated rings. The second kappa shape index (κ2) is 8.57. The number of amides is 1. The molecule has 0 N–H and O–H groups in total. The van der Waals surface area contributed by atoms with E-state index in [9.17, 15) is 14.4 Å². The van der Waals surface area contributed by atoms with Crippen LogP contribution in [-0.2, 0) is 35.6 Å². The zero-order valence-electron chi connectivity index (χ0n) is 17.2. The van der Waals surface area contributed by atoms with Crippen LogP contribution in [0.4, 0.5) is 0 Å². The average molecular weight is 428 g/mol. The Labute approximate surface area is 178 Å². The number of carbonyl (C=O) groups is 1. The monoisotopic (exact) mass is 427 g/mol. The van der Waals surface area contributed by atoms with Crippen molar-refractivity contribution in [3.05, 3.63) is 67.2 Å². The number of thiophene rings is 1. The Bertz CT molecular complexity index is 1190. The molecule has 1 aromatic carbocycles. The van der Waals surface area contributed by atoms with E-state index in [1.807, 2.05) is 37.3 Å². The van der Waals surface area contributed by atoms with Gasteiger partial charge in [0.2, 0.25) is 5.91 Å². The first kappa shape index (κ1) is 20.6. The third kappa shape index (κ3) is 3.73. The number of aryl methyl sites for hydroxylation is 2. The molecule has 3 aromatic rings. The van der Waals surface area contributed by atoms with Crippen LogP contribution >= 0.6 is 11.3 Å². The van der Waals surface area contributed by atoms with Crippen LogP contribution in [0.25, 0.3) is 10.2 Å². The molecule has 7 nitrogen and oxygen atoms in total. The van der Waals surface area contributed by atoms with E-state index in [4.69, 9.17) is 4.74 Å². The Hall–Kier alpha value is -2.71. The standard InChI is InChI=1S/C22H25N3O4S/c1-15-17(14-23-10-9-18(23)26)30-21-19(15)20(27)24(22(28)25(21)12-13-29-2)11-8-16-6-4-3-5-7-16/h3-7H,8-14H2,1-2H3. The van der Waals surface area contributed by atoms with Crippen molar-refractivity contribution in [2.24, 2.45) is 0 Å². The summed E-state index contributed by atoms with van der Waals surface area (Å²) in [6.45, 7) is 4.21. The van der Waals surface area contributed by atoms with Crippen molar-refractivity contribution in [3.63, 3.8) is 0 Å². The molecule has 0 saturated carbocycles. The van der Waals surface area contributed by atoms with E-state index in [2.05, 4.69) is 0 Å². The summed E-state index contributed by atoms with van der Waals surface area (Å²) >= 11 is 1.43. The lowest BCUT2D eigenvalue weighted by molar-refractivity contribution is -0.140. The Morgan fingerprint density at radius 2 is 1.83 bits per heavy atom. The van der Waals surface area contributed by atoms with Gasteiger partial charge in [0.25, 0.3) is 5.56 Å². The van der Waals surface area contributed by atoms with E-state index in [-0.39, 0.29) is 17.2 Å². The molecule has 158 valence electrons. The fourth-order valence-corrected chi connectivity index (χ4v) is 5.09. The Morgan fingerprint density at radius 3 is 2.47 bits per heavy atom. The minimum Gasteiger partial charge on any atom is -0.383 e. The third-order valence-corrected chi connectivity index (χ3v) is 6.96. The van der Waals surface area contributed by atoms with Crippen molar-refractivity contribution in [2.45, 2.75) is 39.4 Å². The molecule has 0 aliphatic carbocycles. The van der Waals surface area contributed by atoms with E-state index in [1.165, 1.54) is 15.9 Å². The Morgan fingerprint density at radius 1 is 1.07 bits per heavy atom. The van der Waals surface area contributed by atoms with Gasteiger partial charge in [0, 0.05) is 31.5 Å². The molecule has 0 unspecified atom stereocenters. The molecule has 30 heavy (non-hydrogen) atoms. The molecule has 2 aromatic heterocycles. The maximum Gasteiger partial charge on any atom is 0.332 e. The minimum atomic E-state index is -0.312. The maximum atomic E-state index is 13.3. The third-order valence-electron chi connectivity index (χ3n) is 5.66. The molecule has 3 heterocycles. The lowest BCUT2D eigenvalue weighted by Gasteiger charge is -2.30. The first-order valence-corrected chi connectivity index (χ1v) is 10.9. The van der Waals surface area contributed by atoms with Gasteiger partial charge in [-0.2, -0.15) is 0 Å². The van der Waals surface area contributed by atoms with Crippen LogP contribution in [0.5, 0.6) is 0 Å². The number of methoxy groups -OCH3 is 1. The van der Waals surface area contributed by atoms with E-state index >= 15 is 0 Å². The number of likely N-dealkylation sites (tertiary alicyclic amines) is 1. The number of β-lactam (4-membered cyclic amide) rings is 1. The number of benzene rings is 1. The van der Waals surface area contributed by atoms with Crippen molar-refractivity contribution in [1.82, 2.24) is 14.0 Å². The average Bonchev–Trinajstić information content (AvgIpc) is 3.07. The van der Waals surface area contributed by atoms with Crippen molar-refractivity contribution in [3.8, 4) is 0 Å². The summed E-state index contributed by atoms with van der Waals surface area (Å²) in [5.41, 5.74) is 1.37. The van der Waals surface area contributed by atoms with Gasteiger partial charge in [-0.1, -0.05) is 30.3 Å². The number of aromatic nitrogens is 2. The molecule has 1 aliphatic heterocycles. The SMILES string of the molecule is COCCn1c(=O)n(CCc2ccccc2)c(=O)c2c(C)c(CN3CCC3=O)sc21. The summed E-state index contributed by atoms with van der Waals surface area (Å²) < 4.78 is 8.18. The lowest BCUT2D eigenvalue weighted by atomic mass is 10.1. The molecule has 4 rings (SSSR count). The molecule has 0 atom stereocenters. The van der Waals surface area contributed by atoms with Crippen LogP contribution in [0.15, 0.2) is 39.9 Å². The van der Waals surface area contributed by atoms with E-state index in [0.29, 0.717) is 49.3 Å². The van der Waals surface area contributed by atoms with Crippen molar-refractivity contribution in [2.75, 3.05) is 20.3 Å². The van der Waals surface area contributed by atoms with Crippen LogP contribution in [0.2, 0.25) is 0 Å². The maximum absolute atomic E-state index is 13.3.